The molecular weight excluding hydrogens is 699 g/mol. The van der Waals surface area contributed by atoms with Crippen molar-refractivity contribution in [2.45, 2.75) is 15.2 Å². The Morgan fingerprint density at radius 1 is 0.286 bits per heavy atom. The normalized spacial score (nSPS) is 13.1. The van der Waals surface area contributed by atoms with E-state index in [2.05, 4.69) is 170 Å². The third-order valence-corrected chi connectivity index (χ3v) is 12.5. The van der Waals surface area contributed by atoms with E-state index in [0.29, 0.717) is 17.5 Å². The van der Waals surface area contributed by atoms with Crippen LogP contribution in [-0.4, -0.2) is 15.0 Å². The van der Waals surface area contributed by atoms with Gasteiger partial charge in [-0.3, -0.25) is 0 Å². The molecule has 2 aliphatic rings. The third kappa shape index (κ3) is 5.03. The maximum atomic E-state index is 5.15. The molecule has 0 atom stereocenters. The Hall–Kier alpha value is -6.88. The quantitative estimate of drug-likeness (QED) is 0.177. The van der Waals surface area contributed by atoms with Crippen molar-refractivity contribution in [1.29, 1.82) is 0 Å². The summed E-state index contributed by atoms with van der Waals surface area (Å²) < 4.78 is 0. The zero-order chi connectivity index (χ0) is 37.1. The Balaban J connectivity index is 1.06. The van der Waals surface area contributed by atoms with Gasteiger partial charge in [-0.1, -0.05) is 206 Å². The van der Waals surface area contributed by atoms with Crippen molar-refractivity contribution in [2.75, 3.05) is 0 Å². The van der Waals surface area contributed by atoms with Crippen LogP contribution in [0.25, 0.3) is 67.5 Å². The number of hydrogen-bond donors (Lipinski definition) is 0. The molecule has 2 heterocycles. The van der Waals surface area contributed by atoms with Crippen molar-refractivity contribution in [3.05, 3.63) is 222 Å². The first-order valence-corrected chi connectivity index (χ1v) is 19.8. The largest absolute Gasteiger partial charge is 0.208 e. The summed E-state index contributed by atoms with van der Waals surface area (Å²) in [7, 11) is 0. The summed E-state index contributed by atoms with van der Waals surface area (Å²) in [5, 5.41) is 0. The average molecular weight is 732 g/mol. The molecule has 56 heavy (non-hydrogen) atoms. The topological polar surface area (TPSA) is 38.7 Å². The number of hydrogen-bond acceptors (Lipinski definition) is 4. The Morgan fingerprint density at radius 2 is 0.714 bits per heavy atom. The summed E-state index contributed by atoms with van der Waals surface area (Å²) in [6, 6.07) is 71.4. The molecule has 8 aromatic carbocycles. The van der Waals surface area contributed by atoms with Crippen molar-refractivity contribution < 1.29 is 0 Å². The van der Waals surface area contributed by atoms with Crippen LogP contribution in [0.15, 0.2) is 210 Å². The standard InChI is InChI=1S/C52H33N3S/c1-3-16-34(17-4-1)38-20-7-8-23-42(38)51-54-49(36-18-5-2-6-19-36)53-50(55-51)37-32-30-35(31-33-37)39-24-15-28-46-48(39)56-47-29-14-13-27-45(47)52(46)43-25-11-9-21-40(43)41-22-10-12-26-44(41)52/h1-33H. The maximum absolute atomic E-state index is 5.15. The molecular formula is C52H33N3S. The van der Waals surface area contributed by atoms with Crippen molar-refractivity contribution in [2.24, 2.45) is 0 Å². The molecule has 0 fully saturated rings. The molecule has 1 aliphatic carbocycles. The fraction of sp³-hybridized carbons (Fsp3) is 0.0192. The van der Waals surface area contributed by atoms with E-state index in [1.54, 1.807) is 0 Å². The van der Waals surface area contributed by atoms with Gasteiger partial charge in [0, 0.05) is 26.5 Å². The van der Waals surface area contributed by atoms with Gasteiger partial charge in [-0.25, -0.2) is 15.0 Å². The molecule has 1 spiro atoms. The molecule has 4 heteroatoms. The molecule has 0 unspecified atom stereocenters. The van der Waals surface area contributed by atoms with E-state index in [0.717, 1.165) is 33.4 Å². The van der Waals surface area contributed by atoms with Crippen molar-refractivity contribution in [1.82, 2.24) is 15.0 Å². The second-order valence-corrected chi connectivity index (χ2v) is 15.3. The Kier molecular flexibility index (Phi) is 7.64. The number of nitrogens with zero attached hydrogens (tertiary/aromatic N) is 3. The average Bonchev–Trinajstić information content (AvgIpc) is 3.57. The first-order chi connectivity index (χ1) is 27.8. The van der Waals surface area contributed by atoms with E-state index < -0.39 is 5.41 Å². The van der Waals surface area contributed by atoms with E-state index in [4.69, 9.17) is 15.0 Å². The number of rotatable bonds is 5. The fourth-order valence-corrected chi connectivity index (χ4v) is 10.1. The monoisotopic (exact) mass is 731 g/mol. The predicted octanol–water partition coefficient (Wildman–Crippen LogP) is 13.0. The molecule has 1 aromatic heterocycles. The fourth-order valence-electron chi connectivity index (χ4n) is 8.79. The van der Waals surface area contributed by atoms with E-state index in [9.17, 15) is 0 Å². The van der Waals surface area contributed by atoms with Crippen molar-refractivity contribution >= 4 is 11.8 Å². The van der Waals surface area contributed by atoms with Crippen LogP contribution in [0.1, 0.15) is 22.3 Å². The highest BCUT2D eigenvalue weighted by molar-refractivity contribution is 7.99. The van der Waals surface area contributed by atoms with Gasteiger partial charge >= 0.3 is 0 Å². The minimum atomic E-state index is -0.411. The zero-order valence-corrected chi connectivity index (χ0v) is 31.1. The van der Waals surface area contributed by atoms with Gasteiger partial charge in [-0.15, -0.1) is 0 Å². The first-order valence-electron chi connectivity index (χ1n) is 18.9. The lowest BCUT2D eigenvalue weighted by atomic mass is 9.67. The van der Waals surface area contributed by atoms with E-state index in [1.807, 2.05) is 42.1 Å². The van der Waals surface area contributed by atoms with Crippen LogP contribution >= 0.6 is 11.8 Å². The van der Waals surface area contributed by atoms with E-state index >= 15 is 0 Å². The Bertz CT molecular complexity index is 2890. The molecule has 1 aliphatic heterocycles. The SMILES string of the molecule is c1ccc(-c2nc(-c3ccc(-c4cccc5c4Sc4ccccc4C54c5ccccc5-c5ccccc54)cc3)nc(-c3ccccc3-c3ccccc3)n2)cc1. The van der Waals surface area contributed by atoms with Gasteiger partial charge < -0.3 is 0 Å². The van der Waals surface area contributed by atoms with Gasteiger partial charge in [0.2, 0.25) is 0 Å². The zero-order valence-electron chi connectivity index (χ0n) is 30.3. The van der Waals surface area contributed by atoms with Gasteiger partial charge in [-0.2, -0.15) is 0 Å². The van der Waals surface area contributed by atoms with Crippen LogP contribution < -0.4 is 0 Å². The van der Waals surface area contributed by atoms with Gasteiger partial charge in [-0.05, 0) is 61.7 Å². The Labute approximate surface area is 330 Å². The minimum absolute atomic E-state index is 0.411. The molecule has 0 saturated heterocycles. The minimum Gasteiger partial charge on any atom is -0.208 e. The van der Waals surface area contributed by atoms with Crippen LogP contribution in [0.3, 0.4) is 0 Å². The van der Waals surface area contributed by atoms with Crippen LogP contribution in [0.5, 0.6) is 0 Å². The van der Waals surface area contributed by atoms with Crippen molar-refractivity contribution in [3.63, 3.8) is 0 Å². The molecule has 262 valence electrons. The summed E-state index contributed by atoms with van der Waals surface area (Å²) in [6.45, 7) is 0. The highest BCUT2D eigenvalue weighted by Crippen LogP contribution is 2.63. The number of benzene rings is 8. The van der Waals surface area contributed by atoms with Crippen LogP contribution in [-0.2, 0) is 5.41 Å². The van der Waals surface area contributed by atoms with E-state index in [1.165, 1.54) is 48.7 Å². The molecule has 0 radical (unpaired) electrons. The molecule has 3 nitrogen and oxygen atoms in total. The lowest BCUT2D eigenvalue weighted by molar-refractivity contribution is 0.723. The van der Waals surface area contributed by atoms with Gasteiger partial charge in [0.1, 0.15) is 0 Å². The lowest BCUT2D eigenvalue weighted by Crippen LogP contribution is -2.32. The smallest absolute Gasteiger partial charge is 0.164 e. The second kappa shape index (κ2) is 13.2. The molecule has 0 bridgehead atoms. The Morgan fingerprint density at radius 3 is 1.38 bits per heavy atom. The van der Waals surface area contributed by atoms with Crippen molar-refractivity contribution in [3.8, 4) is 67.5 Å². The summed E-state index contributed by atoms with van der Waals surface area (Å²) >= 11 is 1.88. The van der Waals surface area contributed by atoms with E-state index in [-0.39, 0.29) is 0 Å². The molecule has 0 N–H and O–H groups in total. The molecule has 0 saturated carbocycles. The third-order valence-electron chi connectivity index (χ3n) is 11.2. The summed E-state index contributed by atoms with van der Waals surface area (Å²) in [6.07, 6.45) is 0. The highest BCUT2D eigenvalue weighted by atomic mass is 32.2. The number of fused-ring (bicyclic) bond motifs is 9. The van der Waals surface area contributed by atoms with Gasteiger partial charge in [0.05, 0.1) is 5.41 Å². The first kappa shape index (κ1) is 32.5. The van der Waals surface area contributed by atoms with Crippen LogP contribution in [0.4, 0.5) is 0 Å². The summed E-state index contributed by atoms with van der Waals surface area (Å²) in [4.78, 5) is 17.8. The van der Waals surface area contributed by atoms with Gasteiger partial charge in [0.25, 0.3) is 0 Å². The maximum Gasteiger partial charge on any atom is 0.164 e. The predicted molar refractivity (Wildman–Crippen MR) is 228 cm³/mol. The second-order valence-electron chi connectivity index (χ2n) is 14.3. The van der Waals surface area contributed by atoms with Crippen LogP contribution in [0, 0.1) is 0 Å². The summed E-state index contributed by atoms with van der Waals surface area (Å²) in [5.41, 5.74) is 15.0. The lowest BCUT2D eigenvalue weighted by Gasteiger charge is -2.40. The molecule has 11 rings (SSSR count). The molecule has 0 amide bonds. The molecule has 9 aromatic rings. The summed E-state index contributed by atoms with van der Waals surface area (Å²) in [5.74, 6) is 1.93. The van der Waals surface area contributed by atoms with Crippen LogP contribution in [0.2, 0.25) is 0 Å². The number of aromatic nitrogens is 3. The highest BCUT2D eigenvalue weighted by Gasteiger charge is 2.50. The van der Waals surface area contributed by atoms with Gasteiger partial charge in [0.15, 0.2) is 17.5 Å².